The molecule has 0 aliphatic heterocycles. The zero-order valence-electron chi connectivity index (χ0n) is 16.3. The van der Waals surface area contributed by atoms with E-state index >= 15 is 0 Å². The molecule has 0 radical (unpaired) electrons. The Morgan fingerprint density at radius 1 is 0.500 bits per heavy atom. The normalized spacial score (nSPS) is 11.8. The quantitative estimate of drug-likeness (QED) is 0.364. The first kappa shape index (κ1) is 18.1. The molecule has 0 N–H and O–H groups in total. The van der Waals surface area contributed by atoms with E-state index < -0.39 is 0 Å². The molecule has 1 atom stereocenters. The lowest BCUT2D eigenvalue weighted by molar-refractivity contribution is 0.415. The fraction of sp³-hybridized carbons (Fsp3) is 0.111. The molecular weight excluding hydrogens is 340 g/mol. The average Bonchev–Trinajstić information content (AvgIpc) is 2.79. The van der Waals surface area contributed by atoms with Gasteiger partial charge in [-0.2, -0.15) is 0 Å². The van der Waals surface area contributed by atoms with Gasteiger partial charge in [-0.1, -0.05) is 97.9 Å². The van der Waals surface area contributed by atoms with Gasteiger partial charge in [-0.3, -0.25) is 0 Å². The molecule has 1 unspecified atom stereocenters. The van der Waals surface area contributed by atoms with Crippen LogP contribution < -0.4 is 4.74 Å². The maximum Gasteiger partial charge on any atom is 0.118 e. The SMILES string of the molecule is COc1ccc(-c2ccc(C(C)c3ccc(-c4ccccc4)cc3)cc2)cc1. The molecule has 0 aliphatic rings. The van der Waals surface area contributed by atoms with Gasteiger partial charge in [-0.05, 0) is 45.5 Å². The molecule has 0 spiro atoms. The van der Waals surface area contributed by atoms with E-state index in [0.29, 0.717) is 5.92 Å². The van der Waals surface area contributed by atoms with Crippen LogP contribution in [0, 0.1) is 0 Å². The second kappa shape index (κ2) is 8.14. The molecule has 0 aromatic heterocycles. The summed E-state index contributed by atoms with van der Waals surface area (Å²) in [5, 5.41) is 0. The van der Waals surface area contributed by atoms with E-state index in [2.05, 4.69) is 97.9 Å². The van der Waals surface area contributed by atoms with Gasteiger partial charge in [0.2, 0.25) is 0 Å². The van der Waals surface area contributed by atoms with Crippen molar-refractivity contribution in [3.63, 3.8) is 0 Å². The average molecular weight is 364 g/mol. The van der Waals surface area contributed by atoms with Crippen LogP contribution in [0.4, 0.5) is 0 Å². The number of benzene rings is 4. The molecule has 0 amide bonds. The van der Waals surface area contributed by atoms with E-state index in [9.17, 15) is 0 Å². The van der Waals surface area contributed by atoms with Gasteiger partial charge in [0, 0.05) is 5.92 Å². The van der Waals surface area contributed by atoms with E-state index in [4.69, 9.17) is 4.74 Å². The van der Waals surface area contributed by atoms with E-state index in [0.717, 1.165) is 5.75 Å². The van der Waals surface area contributed by atoms with Crippen molar-refractivity contribution < 1.29 is 4.74 Å². The molecule has 4 aromatic rings. The van der Waals surface area contributed by atoms with E-state index in [-0.39, 0.29) is 0 Å². The van der Waals surface area contributed by atoms with Crippen molar-refractivity contribution in [3.05, 3.63) is 114 Å². The van der Waals surface area contributed by atoms with Crippen molar-refractivity contribution in [3.8, 4) is 28.0 Å². The van der Waals surface area contributed by atoms with Crippen LogP contribution in [0.25, 0.3) is 22.3 Å². The van der Waals surface area contributed by atoms with Crippen molar-refractivity contribution in [2.24, 2.45) is 0 Å². The highest BCUT2D eigenvalue weighted by molar-refractivity contribution is 5.65. The molecule has 28 heavy (non-hydrogen) atoms. The van der Waals surface area contributed by atoms with Crippen molar-refractivity contribution in [1.29, 1.82) is 0 Å². The molecule has 1 heteroatoms. The minimum Gasteiger partial charge on any atom is -0.497 e. The molecule has 138 valence electrons. The van der Waals surface area contributed by atoms with E-state index in [1.165, 1.54) is 33.4 Å². The van der Waals surface area contributed by atoms with Gasteiger partial charge in [0.15, 0.2) is 0 Å². The van der Waals surface area contributed by atoms with Gasteiger partial charge in [-0.25, -0.2) is 0 Å². The van der Waals surface area contributed by atoms with Crippen LogP contribution >= 0.6 is 0 Å². The first-order valence-corrected chi connectivity index (χ1v) is 9.64. The summed E-state index contributed by atoms with van der Waals surface area (Å²) in [6.07, 6.45) is 0. The van der Waals surface area contributed by atoms with Crippen LogP contribution in [0.1, 0.15) is 24.0 Å². The minimum atomic E-state index is 0.356. The van der Waals surface area contributed by atoms with Crippen molar-refractivity contribution >= 4 is 0 Å². The molecule has 0 heterocycles. The lowest BCUT2D eigenvalue weighted by atomic mass is 9.90. The van der Waals surface area contributed by atoms with Gasteiger partial charge in [0.1, 0.15) is 5.75 Å². The summed E-state index contributed by atoms with van der Waals surface area (Å²) < 4.78 is 5.24. The van der Waals surface area contributed by atoms with Crippen LogP contribution in [0.5, 0.6) is 5.75 Å². The fourth-order valence-corrected chi connectivity index (χ4v) is 3.54. The van der Waals surface area contributed by atoms with Crippen LogP contribution in [0.2, 0.25) is 0 Å². The highest BCUT2D eigenvalue weighted by Crippen LogP contribution is 2.29. The fourth-order valence-electron chi connectivity index (χ4n) is 3.54. The molecule has 1 nitrogen and oxygen atoms in total. The van der Waals surface area contributed by atoms with E-state index in [1.54, 1.807) is 7.11 Å². The summed E-state index contributed by atoms with van der Waals surface area (Å²) in [7, 11) is 1.69. The summed E-state index contributed by atoms with van der Waals surface area (Å²) in [4.78, 5) is 0. The summed E-state index contributed by atoms with van der Waals surface area (Å²) >= 11 is 0. The Morgan fingerprint density at radius 3 is 1.32 bits per heavy atom. The van der Waals surface area contributed by atoms with Gasteiger partial charge >= 0.3 is 0 Å². The maximum atomic E-state index is 5.24. The Balaban J connectivity index is 1.52. The zero-order chi connectivity index (χ0) is 19.3. The van der Waals surface area contributed by atoms with Gasteiger partial charge in [0.05, 0.1) is 7.11 Å². The molecule has 0 saturated carbocycles. The summed E-state index contributed by atoms with van der Waals surface area (Å²) in [6, 6.07) is 36.5. The summed E-state index contributed by atoms with van der Waals surface area (Å²) in [5.74, 6) is 1.24. The third-order valence-corrected chi connectivity index (χ3v) is 5.35. The molecule has 4 aromatic carbocycles. The molecule has 0 bridgehead atoms. The topological polar surface area (TPSA) is 9.23 Å². The first-order chi connectivity index (χ1) is 13.7. The predicted molar refractivity (Wildman–Crippen MR) is 118 cm³/mol. The number of methoxy groups -OCH3 is 1. The lowest BCUT2D eigenvalue weighted by Gasteiger charge is -2.14. The van der Waals surface area contributed by atoms with Crippen LogP contribution in [0.3, 0.4) is 0 Å². The Morgan fingerprint density at radius 2 is 0.893 bits per heavy atom. The molecule has 0 saturated heterocycles. The molecule has 0 aliphatic carbocycles. The Hall–Kier alpha value is -3.32. The largest absolute Gasteiger partial charge is 0.497 e. The second-order valence-electron chi connectivity index (χ2n) is 7.06. The highest BCUT2D eigenvalue weighted by Gasteiger charge is 2.09. The van der Waals surface area contributed by atoms with Crippen molar-refractivity contribution in [1.82, 2.24) is 0 Å². The first-order valence-electron chi connectivity index (χ1n) is 9.64. The van der Waals surface area contributed by atoms with Crippen LogP contribution in [-0.2, 0) is 0 Å². The molecule has 4 rings (SSSR count). The second-order valence-corrected chi connectivity index (χ2v) is 7.06. The molecule has 0 fully saturated rings. The minimum absolute atomic E-state index is 0.356. The van der Waals surface area contributed by atoms with E-state index in [1.807, 2.05) is 12.1 Å². The third kappa shape index (κ3) is 3.84. The zero-order valence-corrected chi connectivity index (χ0v) is 16.3. The Bertz CT molecular complexity index is 1010. The Labute approximate surface area is 167 Å². The summed E-state index contributed by atoms with van der Waals surface area (Å²) in [6.45, 7) is 2.26. The van der Waals surface area contributed by atoms with Gasteiger partial charge in [0.25, 0.3) is 0 Å². The van der Waals surface area contributed by atoms with Gasteiger partial charge < -0.3 is 4.74 Å². The number of hydrogen-bond acceptors (Lipinski definition) is 1. The van der Waals surface area contributed by atoms with Crippen LogP contribution in [0.15, 0.2) is 103 Å². The lowest BCUT2D eigenvalue weighted by Crippen LogP contribution is -1.96. The number of rotatable bonds is 5. The summed E-state index contributed by atoms with van der Waals surface area (Å²) in [5.41, 5.74) is 7.59. The van der Waals surface area contributed by atoms with Crippen LogP contribution in [-0.4, -0.2) is 7.11 Å². The number of ether oxygens (including phenoxy) is 1. The molecular formula is C27H24O. The monoisotopic (exact) mass is 364 g/mol. The smallest absolute Gasteiger partial charge is 0.118 e. The maximum absolute atomic E-state index is 5.24. The highest BCUT2D eigenvalue weighted by atomic mass is 16.5. The third-order valence-electron chi connectivity index (χ3n) is 5.35. The van der Waals surface area contributed by atoms with Crippen molar-refractivity contribution in [2.75, 3.05) is 7.11 Å². The Kier molecular flexibility index (Phi) is 5.25. The number of hydrogen-bond donors (Lipinski definition) is 0. The van der Waals surface area contributed by atoms with Gasteiger partial charge in [-0.15, -0.1) is 0 Å². The predicted octanol–water partition coefficient (Wildman–Crippen LogP) is 7.18. The standard InChI is InChI=1S/C27H24O/c1-20(21-8-12-24(13-9-21)23-6-4-3-5-7-23)22-10-14-25(15-11-22)26-16-18-27(28-2)19-17-26/h3-20H,1-2H3. The van der Waals surface area contributed by atoms with Crippen molar-refractivity contribution in [2.45, 2.75) is 12.8 Å².